The van der Waals surface area contributed by atoms with E-state index in [4.69, 9.17) is 4.74 Å². The highest BCUT2D eigenvalue weighted by Gasteiger charge is 2.17. The second-order valence-electron chi connectivity index (χ2n) is 6.66. The van der Waals surface area contributed by atoms with Gasteiger partial charge in [0, 0.05) is 6.54 Å². The van der Waals surface area contributed by atoms with Crippen LogP contribution in [0.15, 0.2) is 36.1 Å². The molecule has 4 heteroatoms. The minimum Gasteiger partial charge on any atom is -0.488 e. The molecule has 2 rings (SSSR count). The summed E-state index contributed by atoms with van der Waals surface area (Å²) in [7, 11) is 0. The van der Waals surface area contributed by atoms with E-state index in [0.717, 1.165) is 18.4 Å². The minimum atomic E-state index is -0.720. The fourth-order valence-electron chi connectivity index (χ4n) is 2.32. The standard InChI is InChI=1S/C18H25NO3/c1-18(2,3)14-9-7-13(8-10-14)15(20)12-19-17(21)16-6-4-5-11-22-16/h6-10,15,20H,4-5,11-12H2,1-3H3,(H,19,21). The molecular weight excluding hydrogens is 278 g/mol. The summed E-state index contributed by atoms with van der Waals surface area (Å²) in [6.45, 7) is 7.20. The van der Waals surface area contributed by atoms with Crippen LogP contribution in [-0.2, 0) is 14.9 Å². The molecule has 1 aromatic carbocycles. The van der Waals surface area contributed by atoms with E-state index in [1.54, 1.807) is 6.08 Å². The van der Waals surface area contributed by atoms with Crippen molar-refractivity contribution in [3.8, 4) is 0 Å². The maximum Gasteiger partial charge on any atom is 0.286 e. The van der Waals surface area contributed by atoms with Gasteiger partial charge in [-0.15, -0.1) is 0 Å². The van der Waals surface area contributed by atoms with E-state index in [1.165, 1.54) is 5.56 Å². The van der Waals surface area contributed by atoms with Crippen molar-refractivity contribution in [1.82, 2.24) is 5.32 Å². The number of nitrogens with one attached hydrogen (secondary N) is 1. The second kappa shape index (κ2) is 6.97. The number of benzene rings is 1. The van der Waals surface area contributed by atoms with Crippen LogP contribution in [0.5, 0.6) is 0 Å². The third kappa shape index (κ3) is 4.34. The highest BCUT2D eigenvalue weighted by atomic mass is 16.5. The number of carbonyl (C=O) groups excluding carboxylic acids is 1. The summed E-state index contributed by atoms with van der Waals surface area (Å²) in [5.74, 6) is 0.103. The lowest BCUT2D eigenvalue weighted by Crippen LogP contribution is -2.31. The number of aliphatic hydroxyl groups excluding tert-OH is 1. The molecule has 0 radical (unpaired) electrons. The summed E-state index contributed by atoms with van der Waals surface area (Å²) >= 11 is 0. The lowest BCUT2D eigenvalue weighted by atomic mass is 9.86. The first-order chi connectivity index (χ1) is 10.4. The molecule has 0 saturated heterocycles. The number of carbonyl (C=O) groups is 1. The number of hydrogen-bond acceptors (Lipinski definition) is 3. The molecular formula is C18H25NO3. The Bertz CT molecular complexity index is 540. The highest BCUT2D eigenvalue weighted by Crippen LogP contribution is 2.23. The van der Waals surface area contributed by atoms with Gasteiger partial charge in [-0.3, -0.25) is 4.79 Å². The van der Waals surface area contributed by atoms with Crippen LogP contribution in [0.3, 0.4) is 0 Å². The second-order valence-corrected chi connectivity index (χ2v) is 6.66. The molecule has 0 saturated carbocycles. The SMILES string of the molecule is CC(C)(C)c1ccc(C(O)CNC(=O)C2=CCCCO2)cc1. The Labute approximate surface area is 132 Å². The quantitative estimate of drug-likeness (QED) is 0.899. The summed E-state index contributed by atoms with van der Waals surface area (Å²) in [5.41, 5.74) is 2.10. The predicted octanol–water partition coefficient (Wildman–Crippen LogP) is 2.83. The number of amides is 1. The van der Waals surface area contributed by atoms with E-state index in [1.807, 2.05) is 24.3 Å². The maximum absolute atomic E-state index is 11.9. The van der Waals surface area contributed by atoms with E-state index in [0.29, 0.717) is 12.4 Å². The Kier molecular flexibility index (Phi) is 5.24. The van der Waals surface area contributed by atoms with Gasteiger partial charge in [-0.1, -0.05) is 45.0 Å². The smallest absolute Gasteiger partial charge is 0.286 e. The van der Waals surface area contributed by atoms with Gasteiger partial charge in [0.1, 0.15) is 0 Å². The molecule has 1 aliphatic heterocycles. The summed E-state index contributed by atoms with van der Waals surface area (Å²) in [6, 6.07) is 7.86. The number of aliphatic hydroxyl groups is 1. The van der Waals surface area contributed by atoms with Gasteiger partial charge >= 0.3 is 0 Å². The van der Waals surface area contributed by atoms with Crippen LogP contribution in [0.1, 0.15) is 50.8 Å². The van der Waals surface area contributed by atoms with Crippen LogP contribution < -0.4 is 5.32 Å². The molecule has 2 N–H and O–H groups in total. The van der Waals surface area contributed by atoms with Gasteiger partial charge in [-0.05, 0) is 35.5 Å². The van der Waals surface area contributed by atoms with E-state index in [2.05, 4.69) is 26.1 Å². The molecule has 1 unspecified atom stereocenters. The largest absolute Gasteiger partial charge is 0.488 e. The Morgan fingerprint density at radius 1 is 1.32 bits per heavy atom. The van der Waals surface area contributed by atoms with Crippen LogP contribution in [0.2, 0.25) is 0 Å². The fourth-order valence-corrected chi connectivity index (χ4v) is 2.32. The van der Waals surface area contributed by atoms with Gasteiger partial charge in [0.05, 0.1) is 12.7 Å². The van der Waals surface area contributed by atoms with Crippen LogP contribution in [-0.4, -0.2) is 24.2 Å². The van der Waals surface area contributed by atoms with Crippen molar-refractivity contribution in [2.75, 3.05) is 13.2 Å². The average molecular weight is 303 g/mol. The Balaban J connectivity index is 1.90. The Morgan fingerprint density at radius 3 is 2.55 bits per heavy atom. The van der Waals surface area contributed by atoms with E-state index >= 15 is 0 Å². The third-order valence-corrected chi connectivity index (χ3v) is 3.78. The van der Waals surface area contributed by atoms with Crippen LogP contribution >= 0.6 is 0 Å². The average Bonchev–Trinajstić information content (AvgIpc) is 2.52. The molecule has 0 bridgehead atoms. The first kappa shape index (κ1) is 16.6. The lowest BCUT2D eigenvalue weighted by molar-refractivity contribution is -0.121. The van der Waals surface area contributed by atoms with Crippen molar-refractivity contribution in [1.29, 1.82) is 0 Å². The van der Waals surface area contributed by atoms with Crippen LogP contribution in [0, 0.1) is 0 Å². The number of hydrogen-bond donors (Lipinski definition) is 2. The summed E-state index contributed by atoms with van der Waals surface area (Å²) < 4.78 is 5.30. The molecule has 0 spiro atoms. The van der Waals surface area contributed by atoms with Crippen molar-refractivity contribution in [2.45, 2.75) is 45.1 Å². The zero-order valence-corrected chi connectivity index (χ0v) is 13.6. The molecule has 22 heavy (non-hydrogen) atoms. The molecule has 1 aliphatic rings. The molecule has 120 valence electrons. The number of ether oxygens (including phenoxy) is 1. The predicted molar refractivity (Wildman–Crippen MR) is 86.4 cm³/mol. The fraction of sp³-hybridized carbons (Fsp3) is 0.500. The van der Waals surface area contributed by atoms with E-state index < -0.39 is 6.10 Å². The maximum atomic E-state index is 11.9. The van der Waals surface area contributed by atoms with Gasteiger partial charge in [-0.2, -0.15) is 0 Å². The molecule has 1 amide bonds. The Morgan fingerprint density at radius 2 is 2.00 bits per heavy atom. The first-order valence-electron chi connectivity index (χ1n) is 7.77. The summed E-state index contributed by atoms with van der Waals surface area (Å²) in [4.78, 5) is 11.9. The molecule has 1 aromatic rings. The normalized spacial score (nSPS) is 16.5. The van der Waals surface area contributed by atoms with Gasteiger partial charge in [0.2, 0.25) is 0 Å². The first-order valence-corrected chi connectivity index (χ1v) is 7.77. The van der Waals surface area contributed by atoms with Crippen molar-refractivity contribution in [3.63, 3.8) is 0 Å². The van der Waals surface area contributed by atoms with Crippen LogP contribution in [0.25, 0.3) is 0 Å². The molecule has 0 fully saturated rings. The van der Waals surface area contributed by atoms with Gasteiger partial charge in [-0.25, -0.2) is 0 Å². The molecule has 4 nitrogen and oxygen atoms in total. The van der Waals surface area contributed by atoms with Crippen molar-refractivity contribution >= 4 is 5.91 Å². The highest BCUT2D eigenvalue weighted by molar-refractivity contribution is 5.91. The van der Waals surface area contributed by atoms with Crippen LogP contribution in [0.4, 0.5) is 0 Å². The van der Waals surface area contributed by atoms with E-state index in [-0.39, 0.29) is 17.9 Å². The lowest BCUT2D eigenvalue weighted by Gasteiger charge is -2.20. The molecule has 0 aliphatic carbocycles. The zero-order chi connectivity index (χ0) is 16.2. The topological polar surface area (TPSA) is 58.6 Å². The Hall–Kier alpha value is -1.81. The van der Waals surface area contributed by atoms with Gasteiger partial charge in [0.15, 0.2) is 5.76 Å². The molecule has 0 aromatic heterocycles. The van der Waals surface area contributed by atoms with Crippen molar-refractivity contribution in [2.24, 2.45) is 0 Å². The monoisotopic (exact) mass is 303 g/mol. The summed E-state index contributed by atoms with van der Waals surface area (Å²) in [6.07, 6.45) is 2.88. The van der Waals surface area contributed by atoms with Crippen molar-refractivity contribution in [3.05, 3.63) is 47.2 Å². The van der Waals surface area contributed by atoms with Crippen molar-refractivity contribution < 1.29 is 14.6 Å². The minimum absolute atomic E-state index is 0.0858. The summed E-state index contributed by atoms with van der Waals surface area (Å²) in [5, 5.41) is 12.9. The van der Waals surface area contributed by atoms with Gasteiger partial charge in [0.25, 0.3) is 5.91 Å². The molecule has 1 atom stereocenters. The van der Waals surface area contributed by atoms with Gasteiger partial charge < -0.3 is 15.2 Å². The zero-order valence-electron chi connectivity index (χ0n) is 13.6. The number of rotatable bonds is 4. The van der Waals surface area contributed by atoms with E-state index in [9.17, 15) is 9.90 Å². The number of allylic oxidation sites excluding steroid dienone is 1. The molecule has 1 heterocycles. The third-order valence-electron chi connectivity index (χ3n) is 3.78.